The van der Waals surface area contributed by atoms with E-state index in [0.717, 1.165) is 0 Å². The second-order valence-corrected chi connectivity index (χ2v) is 25.9. The van der Waals surface area contributed by atoms with Gasteiger partial charge in [-0.1, -0.05) is 34.8 Å². The molecular weight excluding hydrogens is 1810 g/mol. The number of ether oxygens (including phenoxy) is 9. The van der Waals surface area contributed by atoms with Crippen molar-refractivity contribution >= 4 is 154 Å². The monoisotopic (exact) mass is 1870 g/mol. The van der Waals surface area contributed by atoms with E-state index in [1.54, 1.807) is 142 Å². The summed E-state index contributed by atoms with van der Waals surface area (Å²) in [7, 11) is -2.69. The molecule has 48 heteroatoms. The molecule has 0 unspecified atom stereocenters. The predicted molar refractivity (Wildman–Crippen MR) is 434 cm³/mol. The first-order valence-corrected chi connectivity index (χ1v) is 36.8. The van der Waals surface area contributed by atoms with E-state index >= 15 is 0 Å². The molecule has 1 saturated carbocycles. The fraction of sp³-hybridized carbons (Fsp3) is 0.189. The molecule has 1 fully saturated rings. The summed E-state index contributed by atoms with van der Waals surface area (Å²) in [4.78, 5) is 116. The maximum absolute atomic E-state index is 11.9. The molecule has 644 valence electrons. The number of hydrogen-bond acceptors (Lipinski definition) is 34. The maximum atomic E-state index is 11.9. The first-order valence-electron chi connectivity index (χ1n) is 33.7. The van der Waals surface area contributed by atoms with Gasteiger partial charge >= 0.3 is 32.2 Å². The predicted octanol–water partition coefficient (Wildman–Crippen LogP) is 11.7. The van der Waals surface area contributed by atoms with Gasteiger partial charge in [0.05, 0.1) is 128 Å². The largest absolute Gasteiger partial charge is 2.00 e. The summed E-state index contributed by atoms with van der Waals surface area (Å²) in [6.07, 6.45) is -2.95. The van der Waals surface area contributed by atoms with E-state index in [1.165, 1.54) is 40.2 Å². The van der Waals surface area contributed by atoms with E-state index in [1.807, 2.05) is 0 Å². The van der Waals surface area contributed by atoms with Gasteiger partial charge in [0.25, 0.3) is 50.3 Å². The van der Waals surface area contributed by atoms with Crippen LogP contribution in [0.15, 0.2) is 157 Å². The van der Waals surface area contributed by atoms with Crippen molar-refractivity contribution in [1.29, 1.82) is 0 Å². The minimum absolute atomic E-state index is 0. The molecule has 14 N–H and O–H groups in total. The van der Waals surface area contributed by atoms with Gasteiger partial charge in [-0.2, -0.15) is 0 Å². The van der Waals surface area contributed by atoms with Crippen LogP contribution in [0.3, 0.4) is 0 Å². The van der Waals surface area contributed by atoms with Crippen LogP contribution in [0.25, 0.3) is 32.7 Å². The zero-order valence-corrected chi connectivity index (χ0v) is 71.4. The van der Waals surface area contributed by atoms with Crippen molar-refractivity contribution in [3.8, 4) is 69.0 Å². The quantitative estimate of drug-likeness (QED) is 0.00915. The number of methoxy groups -OCH3 is 3. The zero-order valence-electron chi connectivity index (χ0n) is 63.7. The molecule has 12 aromatic rings. The molecule has 1 aliphatic rings. The molecule has 1 aliphatic carbocycles. The number of aromatic nitrogens is 3. The molecule has 9 aromatic carbocycles. The van der Waals surface area contributed by atoms with Crippen LogP contribution in [0.4, 0.5) is 60.5 Å². The number of nitrogens with one attached hydrogen (secondary N) is 2. The molecule has 13 rings (SSSR count). The Labute approximate surface area is 720 Å². The molecule has 0 spiro atoms. The Morgan fingerprint density at radius 3 is 1.02 bits per heavy atom. The van der Waals surface area contributed by atoms with Crippen LogP contribution in [0, 0.1) is 0 Å². The number of halogens is 10. The summed E-state index contributed by atoms with van der Waals surface area (Å²) in [5.74, 6) is 1.85. The number of rotatable bonds is 24. The average molecular weight is 1880 g/mol. The fourth-order valence-electron chi connectivity index (χ4n) is 9.79. The van der Waals surface area contributed by atoms with Crippen LogP contribution in [-0.2, 0) is 66.6 Å². The number of primary amides is 3. The van der Waals surface area contributed by atoms with Gasteiger partial charge in [0.1, 0.15) is 68.8 Å². The SMILES string of the molecule is CCOc1c(Nc2ccc(Oc3ccnc4cc(OC)c(C(N)=O)cc34)cc2Cl)c(=O)c1=O.CCOc1c(OCC)c(=O)c1=O.COc1cc2nccc(Oc3ccc(N)c(Cl)c3)c2cc1C(N)=O.COc1cc2nccc(Oc3ccc(Nc4c(N)c(=O)c4=O)c(Cl)c3)c2cc1C(N)=O.Cl.NC1CC1.O=[S-](=O)OC(F)(F)F.O=[S-](=O)OC(F)(F)F.[Zn+2]. The van der Waals surface area contributed by atoms with Crippen molar-refractivity contribution < 1.29 is 128 Å². The normalized spacial score (nSPS) is 11.3. The summed E-state index contributed by atoms with van der Waals surface area (Å²) in [6.45, 7) is 6.18. The topological polar surface area (TPSA) is 542 Å². The standard InChI is InChI=1S/C23H18ClN3O6.C21H15ClN4O5.C17H14ClN3O3.C8H10O4.C3H7N.2CF3O3S.ClH.Zn/c1-3-32-22-19(20(28)21(22)29)27-15-5-4-11(8-14(15)24)33-17-6-7-26-16-10-18(31-2)13(23(25)30)9-12(16)17;1-30-16-8-14-10(7-11(16)21(24)29)15(4-5-25-14)31-9-2-3-13(12(22)6-9)26-18-17(23)19(27)20(18)28;1-23-16-8-14-10(7-11(16)17(20)22)15(4-5-21-14)24-9-2-3-13(19)12(18)6-9;1-3-11-7-5(9)6(10)8(7)12-4-2;4-3-1-2-3;2*2-1(3,4)7-8(5)6;;/h4-10,27H,3H2,1-2H3,(H2,25,30);2-8,26H,23H2,1H3,(H2,24,29);2-8H,19H2,1H3,(H2,20,22);3-4H2,1-2H3;3H,1-2,4H2;;;1H;/q;;;;;2*-1;;+2. The minimum atomic E-state index is -5.09. The van der Waals surface area contributed by atoms with Gasteiger partial charge in [0, 0.05) is 77.2 Å². The van der Waals surface area contributed by atoms with Crippen molar-refractivity contribution in [2.45, 2.75) is 52.4 Å². The number of anilines is 6. The minimum Gasteiger partial charge on any atom is -0.496 e. The van der Waals surface area contributed by atoms with Crippen molar-refractivity contribution in [3.63, 3.8) is 0 Å². The molecule has 35 nitrogen and oxygen atoms in total. The average Bonchev–Trinajstić information content (AvgIpc) is 0.849. The third-order valence-electron chi connectivity index (χ3n) is 15.4. The van der Waals surface area contributed by atoms with Gasteiger partial charge < -0.3 is 113 Å². The molecular formula is C74H65Cl4F6N11O24S2Zn. The van der Waals surface area contributed by atoms with E-state index < -0.39 is 85.0 Å². The third kappa shape index (κ3) is 27.1. The first kappa shape index (κ1) is 100. The Kier molecular flexibility index (Phi) is 36.9. The maximum Gasteiger partial charge on any atom is 2.00 e. The molecule has 0 bridgehead atoms. The van der Waals surface area contributed by atoms with E-state index in [2.05, 4.69) is 34.0 Å². The van der Waals surface area contributed by atoms with Crippen molar-refractivity contribution in [3.05, 3.63) is 221 Å². The Hall–Kier alpha value is -12.3. The molecule has 0 aliphatic heterocycles. The number of amides is 3. The number of pyridine rings is 3. The number of nitrogen functional groups attached to an aromatic ring is 2. The van der Waals surface area contributed by atoms with Crippen molar-refractivity contribution in [1.82, 2.24) is 15.0 Å². The van der Waals surface area contributed by atoms with E-state index in [9.17, 15) is 69.5 Å². The van der Waals surface area contributed by atoms with Gasteiger partial charge in [-0.05, 0) is 106 Å². The summed E-state index contributed by atoms with van der Waals surface area (Å²) < 4.78 is 154. The molecule has 3 aromatic heterocycles. The van der Waals surface area contributed by atoms with Gasteiger partial charge in [0.15, 0.2) is 5.75 Å². The molecule has 0 atom stereocenters. The summed E-state index contributed by atoms with van der Waals surface area (Å²) >= 11 is 18.7. The van der Waals surface area contributed by atoms with E-state index in [-0.39, 0.29) is 99.5 Å². The molecule has 122 heavy (non-hydrogen) atoms. The van der Waals surface area contributed by atoms with Crippen LogP contribution in [0.5, 0.6) is 69.0 Å². The number of carbonyl (C=O) groups excluding carboxylic acids is 3. The van der Waals surface area contributed by atoms with Crippen LogP contribution >= 0.6 is 47.2 Å². The Morgan fingerprint density at radius 1 is 0.451 bits per heavy atom. The van der Waals surface area contributed by atoms with Crippen LogP contribution < -0.4 is 120 Å². The second-order valence-electron chi connectivity index (χ2n) is 23.5. The number of fused-ring (bicyclic) bond motifs is 3. The number of nitrogens with zero attached hydrogens (tertiary/aromatic N) is 3. The molecule has 0 saturated heterocycles. The number of nitrogens with two attached hydrogens (primary N) is 6. The smallest absolute Gasteiger partial charge is 0.496 e. The zero-order chi connectivity index (χ0) is 88.9. The molecule has 0 radical (unpaired) electrons. The van der Waals surface area contributed by atoms with Crippen molar-refractivity contribution in [2.75, 3.05) is 63.3 Å². The number of carbonyl (C=O) groups is 3. The third-order valence-corrected chi connectivity index (χ3v) is 17.0. The summed E-state index contributed by atoms with van der Waals surface area (Å²) in [5, 5.41) is 8.20. The van der Waals surface area contributed by atoms with E-state index in [0.29, 0.717) is 126 Å². The van der Waals surface area contributed by atoms with Crippen molar-refractivity contribution in [2.24, 2.45) is 22.9 Å². The first-order chi connectivity index (χ1) is 56.6. The van der Waals surface area contributed by atoms with Gasteiger partial charge in [0.2, 0.25) is 11.5 Å². The van der Waals surface area contributed by atoms with Gasteiger partial charge in [-0.3, -0.25) is 58.1 Å². The number of hydrogen-bond donors (Lipinski definition) is 8. The van der Waals surface area contributed by atoms with Crippen LogP contribution in [0.1, 0.15) is 64.7 Å². The number of alkyl halides is 6. The van der Waals surface area contributed by atoms with E-state index in [4.69, 9.17) is 129 Å². The van der Waals surface area contributed by atoms with Gasteiger partial charge in [-0.15, -0.1) is 38.7 Å². The summed E-state index contributed by atoms with van der Waals surface area (Å²) in [5.41, 5.74) is 32.3. The molecule has 3 amide bonds. The fourth-order valence-corrected chi connectivity index (χ4v) is 10.7. The Bertz CT molecular complexity index is 6140. The Morgan fingerprint density at radius 2 is 0.754 bits per heavy atom. The second kappa shape index (κ2) is 44.9. The van der Waals surface area contributed by atoms with Gasteiger partial charge in [-0.25, -0.2) is 0 Å². The Balaban J connectivity index is 0.000000275. The summed E-state index contributed by atoms with van der Waals surface area (Å²) in [6, 6.07) is 29.5. The number of benzene rings is 6. The molecule has 3 heterocycles. The van der Waals surface area contributed by atoms with Crippen LogP contribution in [-0.4, -0.2) is 92.6 Å². The van der Waals surface area contributed by atoms with Crippen LogP contribution in [0.2, 0.25) is 15.1 Å².